The predicted octanol–water partition coefficient (Wildman–Crippen LogP) is 2.69. The second-order valence-corrected chi connectivity index (χ2v) is 6.15. The monoisotopic (exact) mass is 287 g/mol. The molecule has 0 unspecified atom stereocenters. The third-order valence-corrected chi connectivity index (χ3v) is 4.52. The SMILES string of the molecule is CCc1nc(CN2CCC[C@@H](c3[nH]ncc3C)C2)c(C)[nH]1. The first-order chi connectivity index (χ1) is 10.2. The lowest BCUT2D eigenvalue weighted by atomic mass is 9.93. The summed E-state index contributed by atoms with van der Waals surface area (Å²) >= 11 is 0. The molecule has 114 valence electrons. The van der Waals surface area contributed by atoms with E-state index in [0.717, 1.165) is 31.9 Å². The van der Waals surface area contributed by atoms with Crippen LogP contribution in [0.15, 0.2) is 6.20 Å². The number of aryl methyl sites for hydroxylation is 3. The van der Waals surface area contributed by atoms with Gasteiger partial charge in [0, 0.05) is 36.8 Å². The van der Waals surface area contributed by atoms with Crippen molar-refractivity contribution in [1.82, 2.24) is 25.1 Å². The molecule has 1 fully saturated rings. The van der Waals surface area contributed by atoms with Crippen LogP contribution in [-0.2, 0) is 13.0 Å². The largest absolute Gasteiger partial charge is 0.346 e. The van der Waals surface area contributed by atoms with Gasteiger partial charge < -0.3 is 4.98 Å². The molecule has 3 heterocycles. The zero-order valence-electron chi connectivity index (χ0n) is 13.2. The average molecular weight is 287 g/mol. The molecular weight excluding hydrogens is 262 g/mol. The van der Waals surface area contributed by atoms with E-state index in [-0.39, 0.29) is 0 Å². The molecule has 0 radical (unpaired) electrons. The van der Waals surface area contributed by atoms with Crippen LogP contribution in [0, 0.1) is 13.8 Å². The van der Waals surface area contributed by atoms with Crippen molar-refractivity contribution < 1.29 is 0 Å². The smallest absolute Gasteiger partial charge is 0.106 e. The fraction of sp³-hybridized carbons (Fsp3) is 0.625. The molecule has 2 aromatic heterocycles. The average Bonchev–Trinajstić information content (AvgIpc) is 3.06. The molecule has 0 bridgehead atoms. The molecular formula is C16H25N5. The van der Waals surface area contributed by atoms with E-state index in [9.17, 15) is 0 Å². The molecule has 0 saturated carbocycles. The Hall–Kier alpha value is -1.62. The van der Waals surface area contributed by atoms with Crippen LogP contribution in [0.5, 0.6) is 0 Å². The molecule has 0 aromatic carbocycles. The van der Waals surface area contributed by atoms with Crippen molar-refractivity contribution in [2.24, 2.45) is 0 Å². The lowest BCUT2D eigenvalue weighted by Gasteiger charge is -2.32. The molecule has 21 heavy (non-hydrogen) atoms. The van der Waals surface area contributed by atoms with E-state index in [1.54, 1.807) is 0 Å². The number of aromatic amines is 2. The Bertz CT molecular complexity index is 598. The molecule has 0 amide bonds. The van der Waals surface area contributed by atoms with Crippen LogP contribution in [0.25, 0.3) is 0 Å². The van der Waals surface area contributed by atoms with Gasteiger partial charge in [-0.1, -0.05) is 6.92 Å². The quantitative estimate of drug-likeness (QED) is 0.909. The molecule has 0 aliphatic carbocycles. The number of hydrogen-bond acceptors (Lipinski definition) is 3. The van der Waals surface area contributed by atoms with Gasteiger partial charge in [-0.25, -0.2) is 4.98 Å². The van der Waals surface area contributed by atoms with Gasteiger partial charge in [0.2, 0.25) is 0 Å². The first kappa shape index (κ1) is 14.3. The van der Waals surface area contributed by atoms with Crippen LogP contribution in [0.3, 0.4) is 0 Å². The highest BCUT2D eigenvalue weighted by atomic mass is 15.2. The van der Waals surface area contributed by atoms with E-state index in [0.29, 0.717) is 5.92 Å². The Labute approximate surface area is 126 Å². The minimum Gasteiger partial charge on any atom is -0.346 e. The summed E-state index contributed by atoms with van der Waals surface area (Å²) in [7, 11) is 0. The summed E-state index contributed by atoms with van der Waals surface area (Å²) in [5.74, 6) is 1.67. The maximum Gasteiger partial charge on any atom is 0.106 e. The van der Waals surface area contributed by atoms with Gasteiger partial charge in [-0.3, -0.25) is 10.00 Å². The lowest BCUT2D eigenvalue weighted by molar-refractivity contribution is 0.196. The maximum absolute atomic E-state index is 4.71. The molecule has 2 N–H and O–H groups in total. The molecule has 5 heteroatoms. The van der Waals surface area contributed by atoms with Gasteiger partial charge in [0.15, 0.2) is 0 Å². The fourth-order valence-electron chi connectivity index (χ4n) is 3.30. The maximum atomic E-state index is 4.71. The number of H-pyrrole nitrogens is 2. The van der Waals surface area contributed by atoms with E-state index in [4.69, 9.17) is 4.98 Å². The Morgan fingerprint density at radius 3 is 2.90 bits per heavy atom. The van der Waals surface area contributed by atoms with Crippen LogP contribution in [0.1, 0.15) is 54.2 Å². The summed E-state index contributed by atoms with van der Waals surface area (Å²) in [4.78, 5) is 10.6. The van der Waals surface area contributed by atoms with E-state index in [2.05, 4.69) is 40.9 Å². The van der Waals surface area contributed by atoms with Crippen LogP contribution in [0.4, 0.5) is 0 Å². The van der Waals surface area contributed by atoms with Crippen LogP contribution in [-0.4, -0.2) is 38.2 Å². The lowest BCUT2D eigenvalue weighted by Crippen LogP contribution is -2.34. The molecule has 0 spiro atoms. The Kier molecular flexibility index (Phi) is 4.10. The second-order valence-electron chi connectivity index (χ2n) is 6.15. The summed E-state index contributed by atoms with van der Waals surface area (Å²) in [5.41, 5.74) is 5.01. The van der Waals surface area contributed by atoms with Gasteiger partial charge in [-0.05, 0) is 38.8 Å². The highest BCUT2D eigenvalue weighted by Crippen LogP contribution is 2.28. The van der Waals surface area contributed by atoms with Crippen molar-refractivity contribution in [1.29, 1.82) is 0 Å². The number of hydrogen-bond donors (Lipinski definition) is 2. The standard InChI is InChI=1S/C16H25N5/c1-4-15-18-12(3)14(19-15)10-21-7-5-6-13(9-21)16-11(2)8-17-20-16/h8,13H,4-7,9-10H2,1-3H3,(H,17,20)(H,18,19)/t13-/m1/s1. The Morgan fingerprint density at radius 1 is 1.38 bits per heavy atom. The molecule has 3 rings (SSSR count). The molecule has 1 saturated heterocycles. The van der Waals surface area contributed by atoms with E-state index in [1.807, 2.05) is 6.20 Å². The summed E-state index contributed by atoms with van der Waals surface area (Å²) in [6.07, 6.45) is 5.39. The number of nitrogens with one attached hydrogen (secondary N) is 2. The number of rotatable bonds is 4. The zero-order valence-corrected chi connectivity index (χ0v) is 13.2. The number of aromatic nitrogens is 4. The van der Waals surface area contributed by atoms with Gasteiger partial charge in [0.05, 0.1) is 11.9 Å². The highest BCUT2D eigenvalue weighted by Gasteiger charge is 2.24. The normalized spacial score (nSPS) is 20.0. The van der Waals surface area contributed by atoms with Crippen molar-refractivity contribution in [2.75, 3.05) is 13.1 Å². The van der Waals surface area contributed by atoms with Crippen molar-refractivity contribution in [3.05, 3.63) is 34.7 Å². The third-order valence-electron chi connectivity index (χ3n) is 4.52. The fourth-order valence-corrected chi connectivity index (χ4v) is 3.30. The summed E-state index contributed by atoms with van der Waals surface area (Å²) < 4.78 is 0. The van der Waals surface area contributed by atoms with Gasteiger partial charge in [-0.15, -0.1) is 0 Å². The van der Waals surface area contributed by atoms with Crippen LogP contribution in [0.2, 0.25) is 0 Å². The topological polar surface area (TPSA) is 60.6 Å². The van der Waals surface area contributed by atoms with Crippen molar-refractivity contribution in [3.63, 3.8) is 0 Å². The van der Waals surface area contributed by atoms with E-state index in [1.165, 1.54) is 35.5 Å². The third kappa shape index (κ3) is 3.02. The minimum atomic E-state index is 0.575. The van der Waals surface area contributed by atoms with Gasteiger partial charge >= 0.3 is 0 Å². The Balaban J connectivity index is 1.69. The van der Waals surface area contributed by atoms with E-state index < -0.39 is 0 Å². The van der Waals surface area contributed by atoms with Gasteiger partial charge in [0.1, 0.15) is 5.82 Å². The summed E-state index contributed by atoms with van der Waals surface area (Å²) in [6, 6.07) is 0. The first-order valence-corrected chi connectivity index (χ1v) is 7.94. The summed E-state index contributed by atoms with van der Waals surface area (Å²) in [6.45, 7) is 9.62. The Morgan fingerprint density at radius 2 is 2.24 bits per heavy atom. The molecule has 5 nitrogen and oxygen atoms in total. The second kappa shape index (κ2) is 6.02. The molecule has 2 aromatic rings. The molecule has 1 aliphatic heterocycles. The minimum absolute atomic E-state index is 0.575. The molecule has 1 aliphatic rings. The van der Waals surface area contributed by atoms with Crippen molar-refractivity contribution >= 4 is 0 Å². The van der Waals surface area contributed by atoms with Gasteiger partial charge in [-0.2, -0.15) is 5.10 Å². The summed E-state index contributed by atoms with van der Waals surface area (Å²) in [5, 5.41) is 7.36. The molecule has 1 atom stereocenters. The number of likely N-dealkylation sites (tertiary alicyclic amines) is 1. The predicted molar refractivity (Wildman–Crippen MR) is 83.3 cm³/mol. The van der Waals surface area contributed by atoms with Crippen molar-refractivity contribution in [3.8, 4) is 0 Å². The number of nitrogens with zero attached hydrogens (tertiary/aromatic N) is 3. The first-order valence-electron chi connectivity index (χ1n) is 7.94. The van der Waals surface area contributed by atoms with Gasteiger partial charge in [0.25, 0.3) is 0 Å². The van der Waals surface area contributed by atoms with Crippen LogP contribution < -0.4 is 0 Å². The zero-order chi connectivity index (χ0) is 14.8. The van der Waals surface area contributed by atoms with Crippen LogP contribution >= 0.6 is 0 Å². The van der Waals surface area contributed by atoms with E-state index >= 15 is 0 Å². The number of imidazole rings is 1. The number of piperidine rings is 1. The highest BCUT2D eigenvalue weighted by molar-refractivity contribution is 5.20. The van der Waals surface area contributed by atoms with Crippen molar-refractivity contribution in [2.45, 2.75) is 52.5 Å².